The van der Waals surface area contributed by atoms with Gasteiger partial charge in [-0.15, -0.1) is 11.8 Å². The van der Waals surface area contributed by atoms with Crippen LogP contribution in [0.15, 0.2) is 29.2 Å². The zero-order valence-electron chi connectivity index (χ0n) is 14.5. The summed E-state index contributed by atoms with van der Waals surface area (Å²) in [6.07, 6.45) is 2.03. The van der Waals surface area contributed by atoms with Crippen molar-refractivity contribution in [2.45, 2.75) is 57.1 Å². The van der Waals surface area contributed by atoms with E-state index < -0.39 is 21.0 Å². The van der Waals surface area contributed by atoms with Crippen LogP contribution < -0.4 is 0 Å². The van der Waals surface area contributed by atoms with E-state index in [1.807, 2.05) is 44.4 Å². The normalized spacial score (nSPS) is 13.3. The van der Waals surface area contributed by atoms with Gasteiger partial charge < -0.3 is 4.43 Å². The van der Waals surface area contributed by atoms with Crippen molar-refractivity contribution in [3.8, 4) is 0 Å². The molecule has 0 saturated carbocycles. The maximum atomic E-state index is 12.8. The molecular formula is C16H28O2SSi2. The first-order valence-electron chi connectivity index (χ1n) is 7.30. The van der Waals surface area contributed by atoms with Crippen LogP contribution in [0.2, 0.25) is 32.7 Å². The van der Waals surface area contributed by atoms with Gasteiger partial charge in [-0.1, -0.05) is 31.8 Å². The Labute approximate surface area is 135 Å². The van der Waals surface area contributed by atoms with Crippen LogP contribution in [0.3, 0.4) is 0 Å². The second-order valence-corrected chi connectivity index (χ2v) is 24.1. The fraction of sp³-hybridized carbons (Fsp3) is 0.562. The van der Waals surface area contributed by atoms with Crippen LogP contribution in [0.25, 0.3) is 0 Å². The minimum atomic E-state index is -1.84. The summed E-state index contributed by atoms with van der Waals surface area (Å²) in [6.45, 7) is 15.3. The molecule has 1 aromatic rings. The molecule has 1 rings (SSSR count). The van der Waals surface area contributed by atoms with Crippen LogP contribution in [-0.2, 0) is 4.43 Å². The number of hydrogen-bond donors (Lipinski definition) is 0. The maximum absolute atomic E-state index is 12.8. The van der Waals surface area contributed by atoms with Crippen molar-refractivity contribution >= 4 is 33.0 Å². The largest absolute Gasteiger partial charge is 0.408 e. The van der Waals surface area contributed by atoms with Crippen molar-refractivity contribution < 1.29 is 9.22 Å². The average Bonchev–Trinajstić information content (AvgIpc) is 2.35. The van der Waals surface area contributed by atoms with Gasteiger partial charge in [0.2, 0.25) is 0 Å². The second-order valence-electron chi connectivity index (χ2n) is 7.43. The van der Waals surface area contributed by atoms with Gasteiger partial charge in [-0.2, -0.15) is 0 Å². The third-order valence-electron chi connectivity index (χ3n) is 4.22. The Morgan fingerprint density at radius 1 is 1.05 bits per heavy atom. The van der Waals surface area contributed by atoms with Gasteiger partial charge in [0.15, 0.2) is 13.6 Å². The van der Waals surface area contributed by atoms with E-state index in [-0.39, 0.29) is 5.78 Å². The molecule has 0 aromatic heterocycles. The Balaban J connectivity index is 2.98. The molecule has 0 bridgehead atoms. The lowest BCUT2D eigenvalue weighted by Gasteiger charge is -2.41. The minimum absolute atomic E-state index is 0.0778. The van der Waals surface area contributed by atoms with E-state index >= 15 is 0 Å². The quantitative estimate of drug-likeness (QED) is 0.414. The summed E-state index contributed by atoms with van der Waals surface area (Å²) in [5, 5.41) is 0. The van der Waals surface area contributed by atoms with E-state index in [2.05, 4.69) is 32.7 Å². The highest BCUT2D eigenvalue weighted by Crippen LogP contribution is 2.28. The van der Waals surface area contributed by atoms with Gasteiger partial charge in [-0.3, -0.25) is 4.79 Å². The van der Waals surface area contributed by atoms with Crippen LogP contribution in [0.1, 0.15) is 24.2 Å². The standard InChI is InChI=1S/C16H28O2SSi2/c1-16(2,18-21(7,8)20(4,5)6)15(17)13-9-11-14(19-3)12-10-13/h9-12H,1-8H3. The molecule has 0 amide bonds. The molecule has 0 fully saturated rings. The number of carbonyl (C=O) groups excluding carboxylic acids is 1. The molecule has 0 radical (unpaired) electrons. The van der Waals surface area contributed by atoms with Gasteiger partial charge in [0, 0.05) is 10.5 Å². The van der Waals surface area contributed by atoms with Crippen molar-refractivity contribution in [2.24, 2.45) is 0 Å². The van der Waals surface area contributed by atoms with Gasteiger partial charge >= 0.3 is 0 Å². The molecular weight excluding hydrogens is 312 g/mol. The molecule has 0 N–H and O–H groups in total. The summed E-state index contributed by atoms with van der Waals surface area (Å²) in [4.78, 5) is 13.9. The number of Topliss-reactive ketones (excluding diaryl/α,β-unsaturated/α-hetero) is 1. The Morgan fingerprint density at radius 2 is 1.52 bits per heavy atom. The lowest BCUT2D eigenvalue weighted by Crippen LogP contribution is -2.59. The highest BCUT2D eigenvalue weighted by molar-refractivity contribution is 7.98. The van der Waals surface area contributed by atoms with E-state index in [1.165, 1.54) is 4.90 Å². The minimum Gasteiger partial charge on any atom is -0.408 e. The average molecular weight is 341 g/mol. The first-order chi connectivity index (χ1) is 9.40. The number of rotatable bonds is 6. The molecule has 0 saturated heterocycles. The van der Waals surface area contributed by atoms with Gasteiger partial charge in [-0.25, -0.2) is 0 Å². The van der Waals surface area contributed by atoms with E-state index in [0.29, 0.717) is 0 Å². The van der Waals surface area contributed by atoms with E-state index in [0.717, 1.165) is 5.56 Å². The highest BCUT2D eigenvalue weighted by Gasteiger charge is 2.45. The highest BCUT2D eigenvalue weighted by atomic mass is 32.2. The lowest BCUT2D eigenvalue weighted by molar-refractivity contribution is 0.0568. The molecule has 0 aliphatic carbocycles. The molecule has 0 aliphatic rings. The van der Waals surface area contributed by atoms with Crippen molar-refractivity contribution in [1.82, 2.24) is 0 Å². The topological polar surface area (TPSA) is 26.3 Å². The second kappa shape index (κ2) is 6.40. The van der Waals surface area contributed by atoms with Gasteiger partial charge in [0.1, 0.15) is 5.60 Å². The number of carbonyl (C=O) groups is 1. The summed E-state index contributed by atoms with van der Waals surface area (Å²) < 4.78 is 6.41. The molecule has 0 atom stereocenters. The number of thioether (sulfide) groups is 1. The smallest absolute Gasteiger partial charge is 0.192 e. The third-order valence-corrected chi connectivity index (χ3v) is 20.7. The van der Waals surface area contributed by atoms with Crippen LogP contribution in [0.5, 0.6) is 0 Å². The molecule has 2 nitrogen and oxygen atoms in total. The summed E-state index contributed by atoms with van der Waals surface area (Å²) in [7, 11) is -3.23. The Bertz CT molecular complexity index is 502. The predicted molar refractivity (Wildman–Crippen MR) is 98.5 cm³/mol. The zero-order valence-corrected chi connectivity index (χ0v) is 17.4. The Kier molecular flexibility index (Phi) is 5.69. The van der Waals surface area contributed by atoms with Crippen molar-refractivity contribution in [2.75, 3.05) is 6.26 Å². The summed E-state index contributed by atoms with van der Waals surface area (Å²) in [6, 6.07) is 7.80. The Morgan fingerprint density at radius 3 is 1.90 bits per heavy atom. The Hall–Kier alpha value is -0.366. The number of ketones is 1. The molecule has 0 unspecified atom stereocenters. The monoisotopic (exact) mass is 340 g/mol. The molecule has 0 heterocycles. The predicted octanol–water partition coefficient (Wildman–Crippen LogP) is 5.01. The molecule has 21 heavy (non-hydrogen) atoms. The SMILES string of the molecule is CSc1ccc(C(=O)C(C)(C)O[Si](C)(C)[Si](C)(C)C)cc1. The van der Waals surface area contributed by atoms with Crippen LogP contribution in [0.4, 0.5) is 0 Å². The zero-order chi connectivity index (χ0) is 16.5. The summed E-state index contributed by atoms with van der Waals surface area (Å²) in [5.74, 6) is 0.0778. The van der Waals surface area contributed by atoms with E-state index in [4.69, 9.17) is 4.43 Å². The maximum Gasteiger partial charge on any atom is 0.192 e. The van der Waals surface area contributed by atoms with Gasteiger partial charge in [0.25, 0.3) is 0 Å². The third kappa shape index (κ3) is 4.55. The fourth-order valence-electron chi connectivity index (χ4n) is 1.93. The molecule has 1 aromatic carbocycles. The van der Waals surface area contributed by atoms with E-state index in [1.54, 1.807) is 11.8 Å². The molecule has 118 valence electrons. The lowest BCUT2D eigenvalue weighted by atomic mass is 9.97. The first kappa shape index (κ1) is 18.7. The van der Waals surface area contributed by atoms with Crippen molar-refractivity contribution in [3.63, 3.8) is 0 Å². The van der Waals surface area contributed by atoms with E-state index in [9.17, 15) is 4.79 Å². The van der Waals surface area contributed by atoms with Gasteiger partial charge in [-0.05, 0) is 45.3 Å². The summed E-state index contributed by atoms with van der Waals surface area (Å²) in [5.41, 5.74) is -0.0187. The fourth-order valence-corrected chi connectivity index (χ4v) is 5.69. The van der Waals surface area contributed by atoms with Crippen LogP contribution in [0, 0.1) is 0 Å². The molecule has 0 aliphatic heterocycles. The van der Waals surface area contributed by atoms with Crippen LogP contribution >= 0.6 is 11.8 Å². The van der Waals surface area contributed by atoms with Gasteiger partial charge in [0.05, 0.1) is 7.59 Å². The van der Waals surface area contributed by atoms with Crippen molar-refractivity contribution in [1.29, 1.82) is 0 Å². The van der Waals surface area contributed by atoms with Crippen LogP contribution in [-0.4, -0.2) is 33.1 Å². The summed E-state index contributed by atoms with van der Waals surface area (Å²) >= 11 is 1.68. The van der Waals surface area contributed by atoms with Crippen molar-refractivity contribution in [3.05, 3.63) is 29.8 Å². The molecule has 0 spiro atoms. The number of hydrogen-bond acceptors (Lipinski definition) is 3. The number of benzene rings is 1. The molecule has 5 heteroatoms. The first-order valence-corrected chi connectivity index (χ1v) is 15.9.